The van der Waals surface area contributed by atoms with E-state index in [-0.39, 0.29) is 17.4 Å². The van der Waals surface area contributed by atoms with Crippen LogP contribution in [0.15, 0.2) is 61.2 Å². The van der Waals surface area contributed by atoms with Crippen molar-refractivity contribution in [3.63, 3.8) is 0 Å². The van der Waals surface area contributed by atoms with Crippen molar-refractivity contribution in [1.29, 1.82) is 0 Å². The number of thioether (sulfide) groups is 1. The fourth-order valence-corrected chi connectivity index (χ4v) is 5.15. The molecule has 1 aliphatic rings. The van der Waals surface area contributed by atoms with Gasteiger partial charge in [0.25, 0.3) is 0 Å². The minimum absolute atomic E-state index is 0.00709. The van der Waals surface area contributed by atoms with Crippen LogP contribution in [0.1, 0.15) is 18.1 Å². The molecule has 35 heavy (non-hydrogen) atoms. The summed E-state index contributed by atoms with van der Waals surface area (Å²) in [5.74, 6) is -0.747. The van der Waals surface area contributed by atoms with E-state index >= 15 is 0 Å². The molecule has 0 radical (unpaired) electrons. The van der Waals surface area contributed by atoms with Crippen LogP contribution in [-0.2, 0) is 21.6 Å². The lowest BCUT2D eigenvalue weighted by atomic mass is 9.90. The number of rotatable bonds is 9. The average molecular weight is 504 g/mol. The zero-order valence-electron chi connectivity index (χ0n) is 19.4. The molecule has 2 atom stereocenters. The summed E-state index contributed by atoms with van der Waals surface area (Å²) in [6.45, 7) is 2.52. The van der Waals surface area contributed by atoms with Gasteiger partial charge >= 0.3 is 0 Å². The summed E-state index contributed by atoms with van der Waals surface area (Å²) in [5.41, 5.74) is -0.698. The van der Waals surface area contributed by atoms with Gasteiger partial charge in [0.2, 0.25) is 0 Å². The van der Waals surface area contributed by atoms with Crippen molar-refractivity contribution < 1.29 is 28.1 Å². The van der Waals surface area contributed by atoms with Gasteiger partial charge in [0.1, 0.15) is 35.6 Å². The number of hydrogen-bond donors (Lipinski definition) is 1. The van der Waals surface area contributed by atoms with Crippen LogP contribution in [0.5, 0.6) is 5.75 Å². The normalized spacial score (nSPS) is 21.1. The summed E-state index contributed by atoms with van der Waals surface area (Å²) in [5, 5.41) is 15.1. The molecule has 1 aromatic heterocycles. The molecule has 1 saturated heterocycles. The number of benzene rings is 2. The van der Waals surface area contributed by atoms with Gasteiger partial charge < -0.3 is 19.3 Å². The Hall–Kier alpha value is -2.79. The van der Waals surface area contributed by atoms with E-state index in [1.165, 1.54) is 35.2 Å². The maximum Gasteiger partial charge on any atom is 0.177 e. The SMILES string of the molecule is COc1ccc(/C=C/C2OCC(S[C@H](C)[C@](O)(Cn3cncn3)c3ccc(F)cc3F)CO2)cc1. The summed E-state index contributed by atoms with van der Waals surface area (Å²) < 4.78 is 46.5. The maximum absolute atomic E-state index is 14.7. The smallest absolute Gasteiger partial charge is 0.177 e. The van der Waals surface area contributed by atoms with Crippen molar-refractivity contribution in [2.75, 3.05) is 20.3 Å². The molecule has 1 N–H and O–H groups in total. The Morgan fingerprint density at radius 1 is 1.23 bits per heavy atom. The van der Waals surface area contributed by atoms with Gasteiger partial charge in [-0.15, -0.1) is 11.8 Å². The molecule has 0 unspecified atom stereocenters. The van der Waals surface area contributed by atoms with Gasteiger partial charge in [-0.05, 0) is 29.8 Å². The first-order chi connectivity index (χ1) is 16.9. The number of halogens is 2. The molecule has 2 aromatic carbocycles. The minimum Gasteiger partial charge on any atom is -0.497 e. The zero-order chi connectivity index (χ0) is 24.8. The van der Waals surface area contributed by atoms with Crippen molar-refractivity contribution in [1.82, 2.24) is 14.8 Å². The third-order valence-electron chi connectivity index (χ3n) is 5.79. The first-order valence-electron chi connectivity index (χ1n) is 11.1. The Balaban J connectivity index is 1.40. The molecule has 4 rings (SSSR count). The fraction of sp³-hybridized carbons (Fsp3) is 0.360. The molecule has 7 nitrogen and oxygen atoms in total. The average Bonchev–Trinajstić information content (AvgIpc) is 3.36. The Kier molecular flexibility index (Phi) is 8.17. The third kappa shape index (κ3) is 6.26. The highest BCUT2D eigenvalue weighted by molar-refractivity contribution is 8.00. The van der Waals surface area contributed by atoms with Gasteiger partial charge in [0, 0.05) is 16.9 Å². The van der Waals surface area contributed by atoms with Gasteiger partial charge in [-0.25, -0.2) is 18.4 Å². The van der Waals surface area contributed by atoms with Crippen LogP contribution in [0.4, 0.5) is 8.78 Å². The van der Waals surface area contributed by atoms with E-state index < -0.39 is 28.8 Å². The van der Waals surface area contributed by atoms with Gasteiger partial charge in [-0.3, -0.25) is 0 Å². The first kappa shape index (κ1) is 25.3. The van der Waals surface area contributed by atoms with Crippen LogP contribution >= 0.6 is 11.8 Å². The fourth-order valence-electron chi connectivity index (χ4n) is 3.83. The molecule has 0 aliphatic carbocycles. The summed E-state index contributed by atoms with van der Waals surface area (Å²) >= 11 is 1.42. The van der Waals surface area contributed by atoms with Crippen LogP contribution < -0.4 is 4.74 Å². The second-order valence-corrected chi connectivity index (χ2v) is 9.86. The number of hydrogen-bond acceptors (Lipinski definition) is 7. The highest BCUT2D eigenvalue weighted by Crippen LogP contribution is 2.38. The van der Waals surface area contributed by atoms with E-state index in [1.807, 2.05) is 36.4 Å². The number of aromatic nitrogens is 3. The van der Waals surface area contributed by atoms with Crippen molar-refractivity contribution in [3.05, 3.63) is 84.0 Å². The Bertz CT molecular complexity index is 1120. The van der Waals surface area contributed by atoms with Gasteiger partial charge in [-0.1, -0.05) is 31.2 Å². The minimum atomic E-state index is -1.68. The first-order valence-corrected chi connectivity index (χ1v) is 12.0. The van der Waals surface area contributed by atoms with Crippen LogP contribution in [0.25, 0.3) is 6.08 Å². The molecular weight excluding hydrogens is 476 g/mol. The standard InChI is InChI=1S/C25H27F2N3O4S/c1-17(25(31,14-30-16-28-15-29-30)22-9-6-19(26)11-23(22)27)35-21-12-33-24(34-13-21)10-5-18-3-7-20(32-2)8-4-18/h3-11,15-17,21,24,31H,12-14H2,1-2H3/b10-5+/t17-,21?,24?,25-/m1/s1. The molecule has 0 spiro atoms. The molecule has 0 bridgehead atoms. The van der Waals surface area contributed by atoms with Crippen LogP contribution in [0.2, 0.25) is 0 Å². The van der Waals surface area contributed by atoms with Crippen molar-refractivity contribution in [2.24, 2.45) is 0 Å². The van der Waals surface area contributed by atoms with Crippen LogP contribution in [0, 0.1) is 11.6 Å². The summed E-state index contributed by atoms with van der Waals surface area (Å²) in [4.78, 5) is 3.90. The molecular formula is C25H27F2N3O4S. The lowest BCUT2D eigenvalue weighted by Gasteiger charge is -2.37. The quantitative estimate of drug-likeness (QED) is 0.472. The lowest BCUT2D eigenvalue weighted by molar-refractivity contribution is -0.146. The second-order valence-electron chi connectivity index (χ2n) is 8.21. The monoisotopic (exact) mass is 503 g/mol. The Labute approximate surface area is 206 Å². The zero-order valence-corrected chi connectivity index (χ0v) is 20.2. The van der Waals surface area contributed by atoms with E-state index in [4.69, 9.17) is 14.2 Å². The Morgan fingerprint density at radius 2 is 1.97 bits per heavy atom. The predicted octanol–water partition coefficient (Wildman–Crippen LogP) is 4.03. The van der Waals surface area contributed by atoms with Crippen molar-refractivity contribution in [3.8, 4) is 5.75 Å². The van der Waals surface area contributed by atoms with E-state index in [0.29, 0.717) is 13.2 Å². The van der Waals surface area contributed by atoms with Crippen molar-refractivity contribution >= 4 is 17.8 Å². The maximum atomic E-state index is 14.7. The predicted molar refractivity (Wildman–Crippen MR) is 129 cm³/mol. The summed E-state index contributed by atoms with van der Waals surface area (Å²) in [6, 6.07) is 10.8. The molecule has 0 amide bonds. The number of aliphatic hydroxyl groups is 1. The second kappa shape index (κ2) is 11.3. The summed E-state index contributed by atoms with van der Waals surface area (Å²) in [6.07, 6.45) is 6.03. The van der Waals surface area contributed by atoms with E-state index in [1.54, 1.807) is 14.0 Å². The highest BCUT2D eigenvalue weighted by Gasteiger charge is 2.41. The molecule has 1 aliphatic heterocycles. The van der Waals surface area contributed by atoms with E-state index in [9.17, 15) is 13.9 Å². The number of ether oxygens (including phenoxy) is 3. The van der Waals surface area contributed by atoms with Gasteiger partial charge in [0.15, 0.2) is 6.29 Å². The van der Waals surface area contributed by atoms with Crippen molar-refractivity contribution in [2.45, 2.75) is 35.9 Å². The summed E-state index contributed by atoms with van der Waals surface area (Å²) in [7, 11) is 1.62. The lowest BCUT2D eigenvalue weighted by Crippen LogP contribution is -2.43. The largest absolute Gasteiger partial charge is 0.497 e. The highest BCUT2D eigenvalue weighted by atomic mass is 32.2. The molecule has 10 heteroatoms. The Morgan fingerprint density at radius 3 is 2.60 bits per heavy atom. The van der Waals surface area contributed by atoms with Crippen LogP contribution in [0.3, 0.4) is 0 Å². The van der Waals surface area contributed by atoms with E-state index in [2.05, 4.69) is 10.1 Å². The van der Waals surface area contributed by atoms with Gasteiger partial charge in [-0.2, -0.15) is 5.10 Å². The topological polar surface area (TPSA) is 78.6 Å². The molecule has 186 valence electrons. The number of nitrogens with zero attached hydrogens (tertiary/aromatic N) is 3. The molecule has 3 aromatic rings. The third-order valence-corrected chi connectivity index (χ3v) is 7.25. The molecule has 2 heterocycles. The molecule has 1 fully saturated rings. The van der Waals surface area contributed by atoms with E-state index in [0.717, 1.165) is 23.4 Å². The number of methoxy groups -OCH3 is 1. The molecule has 0 saturated carbocycles. The van der Waals surface area contributed by atoms with Crippen LogP contribution in [-0.4, -0.2) is 57.0 Å². The van der Waals surface area contributed by atoms with Gasteiger partial charge in [0.05, 0.1) is 32.1 Å².